The summed E-state index contributed by atoms with van der Waals surface area (Å²) in [6, 6.07) is -0.214. The van der Waals surface area contributed by atoms with Crippen LogP contribution in [0.15, 0.2) is 24.3 Å². The molecule has 10 atom stereocenters. The van der Waals surface area contributed by atoms with Crippen LogP contribution in [0.2, 0.25) is 0 Å². The van der Waals surface area contributed by atoms with E-state index in [2.05, 4.69) is 58.0 Å². The van der Waals surface area contributed by atoms with Crippen molar-refractivity contribution in [1.82, 2.24) is 47.0 Å². The third-order valence-corrected chi connectivity index (χ3v) is 15.0. The van der Waals surface area contributed by atoms with Gasteiger partial charge in [0, 0.05) is 52.1 Å². The van der Waals surface area contributed by atoms with E-state index >= 15 is 0 Å². The number of benzene rings is 1. The van der Waals surface area contributed by atoms with Crippen molar-refractivity contribution in [1.29, 1.82) is 0 Å². The number of rotatable bonds is 26. The number of aryl methyl sites for hydroxylation is 1. The first kappa shape index (κ1) is 61.7. The second-order valence-corrected chi connectivity index (χ2v) is 21.0. The smallest absolute Gasteiger partial charge is 0.245 e. The van der Waals surface area contributed by atoms with Gasteiger partial charge < -0.3 is 63.4 Å². The van der Waals surface area contributed by atoms with Crippen LogP contribution in [0.5, 0.6) is 5.75 Å². The molecule has 20 nitrogen and oxygen atoms in total. The molecule has 3 fully saturated rings. The molecule has 0 bridgehead atoms. The fourth-order valence-electron chi connectivity index (χ4n) is 10.4. The number of carbonyl (C=O) groups is 7. The van der Waals surface area contributed by atoms with Gasteiger partial charge >= 0.3 is 0 Å². The van der Waals surface area contributed by atoms with E-state index in [0.717, 1.165) is 37.2 Å². The molecule has 20 heteroatoms. The molecule has 3 aliphatic rings. The summed E-state index contributed by atoms with van der Waals surface area (Å²) in [5.41, 5.74) is 12.4. The number of nitrogens with one attached hydrogen (secondary N) is 7. The number of hydrogen-bond donors (Lipinski definition) is 11. The second kappa shape index (κ2) is 33.2. The average Bonchev–Trinajstić information content (AvgIpc) is 4.09. The van der Waals surface area contributed by atoms with Crippen LogP contribution < -0.4 is 48.7 Å². The molecule has 0 aromatic heterocycles. The molecular formula is C54H93N11O9. The number of phenols is 1. The number of hydrogen-bond acceptors (Lipinski definition) is 13. The molecule has 0 aliphatic carbocycles. The zero-order valence-corrected chi connectivity index (χ0v) is 45.0. The van der Waals surface area contributed by atoms with Crippen LogP contribution >= 0.6 is 0 Å². The van der Waals surface area contributed by atoms with Crippen LogP contribution in [-0.4, -0.2) is 156 Å². The lowest BCUT2D eigenvalue weighted by atomic mass is 9.91. The van der Waals surface area contributed by atoms with Crippen molar-refractivity contribution < 1.29 is 43.8 Å². The summed E-state index contributed by atoms with van der Waals surface area (Å²) in [6.07, 6.45) is 9.24. The van der Waals surface area contributed by atoms with E-state index in [9.17, 15) is 43.8 Å². The Kier molecular flexibility index (Phi) is 27.7. The number of aliphatic hydroxyl groups excluding tert-OH is 1. The Morgan fingerprint density at radius 2 is 1.31 bits per heavy atom. The van der Waals surface area contributed by atoms with E-state index < -0.39 is 89.9 Å². The van der Waals surface area contributed by atoms with E-state index in [1.54, 1.807) is 19.1 Å². The minimum atomic E-state index is -1.46. The Bertz CT molecular complexity index is 1910. The Morgan fingerprint density at radius 3 is 1.95 bits per heavy atom. The lowest BCUT2D eigenvalue weighted by molar-refractivity contribution is -0.143. The SMILES string of the molecule is CCC(C)CC(C)CCCCCCCCC(=O)N[C@H]1C[C@@H](O)C(NCCNCCN)NC(=O)C2CCCN2C(=O)C(CCCN)NC(=O)C(CCc2ccc(O)cc2)NC(=O)C2CCCN2C(=O)C(CC)NC1=O. The molecule has 4 rings (SSSR count). The quantitative estimate of drug-likeness (QED) is 0.0593. The van der Waals surface area contributed by atoms with Gasteiger partial charge in [-0.25, -0.2) is 0 Å². The zero-order chi connectivity index (χ0) is 54.0. The summed E-state index contributed by atoms with van der Waals surface area (Å²) in [4.78, 5) is 103. The molecule has 0 radical (unpaired) electrons. The van der Waals surface area contributed by atoms with E-state index in [1.165, 1.54) is 47.6 Å². The molecule has 1 aromatic rings. The summed E-state index contributed by atoms with van der Waals surface area (Å²) in [6.45, 7) is 10.8. The maximum absolute atomic E-state index is 14.5. The van der Waals surface area contributed by atoms with Crippen molar-refractivity contribution in [3.63, 3.8) is 0 Å². The van der Waals surface area contributed by atoms with Gasteiger partial charge in [0.2, 0.25) is 41.4 Å². The summed E-state index contributed by atoms with van der Waals surface area (Å²) < 4.78 is 0. The van der Waals surface area contributed by atoms with Crippen LogP contribution in [0.25, 0.3) is 0 Å². The molecule has 418 valence electrons. The average molecular weight is 1040 g/mol. The molecule has 0 spiro atoms. The van der Waals surface area contributed by atoms with Gasteiger partial charge in [-0.05, 0) is 107 Å². The van der Waals surface area contributed by atoms with E-state index in [-0.39, 0.29) is 64.0 Å². The molecular weight excluding hydrogens is 947 g/mol. The number of amides is 7. The standard InChI is InChI=1S/C54H93N11O9/c1-5-36(3)34-37(4)16-11-9-7-8-10-12-20-47(68)59-43-35-46(67)48(58-31-30-57-29-28-56)63-52(72)45-19-15-33-65(45)54(74)42(17-13-27-55)62-49(69)41(26-23-38-21-24-39(66)25-22-38)61-51(71)44-18-14-32-64(44)53(73)40(6-2)60-50(43)70/h21-22,24-25,36-37,40-46,48,57-58,66-67H,5-20,23,26-35,55-56H2,1-4H3,(H,59,68)(H,60,70)(H,61,71)(H,62,69)(H,63,72)/t36?,37?,40?,41?,42?,43-,44?,45?,46+,48?/m0/s1. The summed E-state index contributed by atoms with van der Waals surface area (Å²) in [5.74, 6) is -2.41. The van der Waals surface area contributed by atoms with E-state index in [1.807, 2.05) is 0 Å². The van der Waals surface area contributed by atoms with Crippen molar-refractivity contribution in [2.45, 2.75) is 205 Å². The molecule has 0 saturated carbocycles. The first-order valence-corrected chi connectivity index (χ1v) is 28.0. The molecule has 3 aliphatic heterocycles. The Morgan fingerprint density at radius 1 is 0.703 bits per heavy atom. The summed E-state index contributed by atoms with van der Waals surface area (Å²) in [5, 5.41) is 42.6. The number of nitrogens with two attached hydrogens (primary N) is 2. The number of phenolic OH excluding ortho intramolecular Hbond substituents is 1. The lowest BCUT2D eigenvalue weighted by Crippen LogP contribution is -2.61. The molecule has 3 saturated heterocycles. The lowest BCUT2D eigenvalue weighted by Gasteiger charge is -2.33. The monoisotopic (exact) mass is 1040 g/mol. The highest BCUT2D eigenvalue weighted by molar-refractivity contribution is 5.97. The predicted octanol–water partition coefficient (Wildman–Crippen LogP) is 1.93. The zero-order valence-electron chi connectivity index (χ0n) is 45.0. The Balaban J connectivity index is 1.63. The number of aliphatic hydroxyl groups is 1. The maximum Gasteiger partial charge on any atom is 0.245 e. The number of nitrogens with zero attached hydrogens (tertiary/aromatic N) is 2. The van der Waals surface area contributed by atoms with Gasteiger partial charge in [-0.15, -0.1) is 0 Å². The van der Waals surface area contributed by atoms with Crippen LogP contribution in [-0.2, 0) is 40.0 Å². The molecule has 8 unspecified atom stereocenters. The van der Waals surface area contributed by atoms with E-state index in [0.29, 0.717) is 70.5 Å². The largest absolute Gasteiger partial charge is 0.508 e. The molecule has 13 N–H and O–H groups in total. The molecule has 3 heterocycles. The maximum atomic E-state index is 14.5. The third kappa shape index (κ3) is 20.3. The van der Waals surface area contributed by atoms with Crippen molar-refractivity contribution in [2.24, 2.45) is 23.3 Å². The second-order valence-electron chi connectivity index (χ2n) is 21.0. The van der Waals surface area contributed by atoms with Gasteiger partial charge in [0.15, 0.2) is 0 Å². The highest BCUT2D eigenvalue weighted by atomic mass is 16.3. The molecule has 1 aromatic carbocycles. The van der Waals surface area contributed by atoms with Gasteiger partial charge in [-0.2, -0.15) is 0 Å². The highest BCUT2D eigenvalue weighted by Gasteiger charge is 2.42. The first-order chi connectivity index (χ1) is 35.6. The number of fused-ring (bicyclic) bond motifs is 2. The topological polar surface area (TPSA) is 303 Å². The minimum Gasteiger partial charge on any atom is -0.508 e. The van der Waals surface area contributed by atoms with Crippen LogP contribution in [0.3, 0.4) is 0 Å². The number of carbonyl (C=O) groups excluding carboxylic acids is 7. The van der Waals surface area contributed by atoms with Crippen molar-refractivity contribution in [3.05, 3.63) is 29.8 Å². The van der Waals surface area contributed by atoms with Gasteiger partial charge in [0.25, 0.3) is 0 Å². The molecule has 7 amide bonds. The normalized spacial score (nSPS) is 25.5. The summed E-state index contributed by atoms with van der Waals surface area (Å²) >= 11 is 0. The van der Waals surface area contributed by atoms with Crippen LogP contribution in [0.1, 0.15) is 155 Å². The fourth-order valence-corrected chi connectivity index (χ4v) is 10.4. The molecule has 74 heavy (non-hydrogen) atoms. The Hall–Kier alpha value is -4.89. The summed E-state index contributed by atoms with van der Waals surface area (Å²) in [7, 11) is 0. The van der Waals surface area contributed by atoms with Gasteiger partial charge in [0.05, 0.1) is 6.10 Å². The first-order valence-electron chi connectivity index (χ1n) is 28.0. The number of aromatic hydroxyl groups is 1. The Labute approximate surface area is 440 Å². The fraction of sp³-hybridized carbons (Fsp3) is 0.759. The minimum absolute atomic E-state index is 0.0685. The van der Waals surface area contributed by atoms with Crippen LogP contribution in [0.4, 0.5) is 0 Å². The van der Waals surface area contributed by atoms with Gasteiger partial charge in [0.1, 0.15) is 48.2 Å². The van der Waals surface area contributed by atoms with Crippen molar-refractivity contribution in [2.75, 3.05) is 45.8 Å². The number of unbranched alkanes of at least 4 members (excludes halogenated alkanes) is 5. The van der Waals surface area contributed by atoms with Gasteiger partial charge in [-0.1, -0.05) is 84.8 Å². The van der Waals surface area contributed by atoms with Crippen molar-refractivity contribution in [3.8, 4) is 5.75 Å². The third-order valence-electron chi connectivity index (χ3n) is 15.0. The van der Waals surface area contributed by atoms with Gasteiger partial charge in [-0.3, -0.25) is 38.9 Å². The van der Waals surface area contributed by atoms with Crippen molar-refractivity contribution >= 4 is 41.4 Å². The van der Waals surface area contributed by atoms with Crippen LogP contribution in [0, 0.1) is 11.8 Å². The van der Waals surface area contributed by atoms with E-state index in [4.69, 9.17) is 11.5 Å². The highest BCUT2D eigenvalue weighted by Crippen LogP contribution is 2.24. The predicted molar refractivity (Wildman–Crippen MR) is 285 cm³/mol.